The van der Waals surface area contributed by atoms with Crippen molar-refractivity contribution < 1.29 is 27.9 Å². The third-order valence-electron chi connectivity index (χ3n) is 2.32. The predicted molar refractivity (Wildman–Crippen MR) is 76.7 cm³/mol. The van der Waals surface area contributed by atoms with Crippen LogP contribution in [-0.2, 0) is 19.6 Å². The number of hydrogen-bond acceptors (Lipinski definition) is 5. The maximum atomic E-state index is 11.6. The van der Waals surface area contributed by atoms with Gasteiger partial charge in [0.15, 0.2) is 0 Å². The zero-order valence-electron chi connectivity index (χ0n) is 11.7. The van der Waals surface area contributed by atoms with Gasteiger partial charge in [0.05, 0.1) is 23.8 Å². The average Bonchev–Trinajstić information content (AvgIpc) is 2.36. The molecule has 0 heterocycles. The quantitative estimate of drug-likeness (QED) is 0.737. The molecule has 0 aliphatic rings. The van der Waals surface area contributed by atoms with Crippen LogP contribution in [0.3, 0.4) is 0 Å². The maximum absolute atomic E-state index is 11.6. The second-order valence-electron chi connectivity index (χ2n) is 4.60. The van der Waals surface area contributed by atoms with Crippen LogP contribution < -0.4 is 4.72 Å². The van der Waals surface area contributed by atoms with Crippen molar-refractivity contribution in [2.24, 2.45) is 0 Å². The Labute approximate surface area is 123 Å². The van der Waals surface area contributed by atoms with Crippen LogP contribution in [0.1, 0.15) is 30.6 Å². The van der Waals surface area contributed by atoms with Crippen molar-refractivity contribution in [3.05, 3.63) is 29.8 Å². The minimum absolute atomic E-state index is 0.244. The summed E-state index contributed by atoms with van der Waals surface area (Å²) < 4.78 is 30.4. The van der Waals surface area contributed by atoms with Crippen LogP contribution in [0.2, 0.25) is 0 Å². The monoisotopic (exact) mass is 315 g/mol. The van der Waals surface area contributed by atoms with Gasteiger partial charge in [-0.1, -0.05) is 0 Å². The predicted octanol–water partition coefficient (Wildman–Crippen LogP) is 1.47. The maximum Gasteiger partial charge on any atom is 0.338 e. The molecule has 0 bridgehead atoms. The van der Waals surface area contributed by atoms with Crippen molar-refractivity contribution in [2.75, 3.05) is 10.5 Å². The molecule has 0 aliphatic carbocycles. The Morgan fingerprint density at radius 2 is 1.81 bits per heavy atom. The molecule has 0 aromatic heterocycles. The lowest BCUT2D eigenvalue weighted by Gasteiger charge is -2.09. The molecule has 0 amide bonds. The van der Waals surface area contributed by atoms with Gasteiger partial charge in [0.1, 0.15) is 0 Å². The number of benzene rings is 1. The Kier molecular flexibility index (Phi) is 5.71. The molecule has 1 aromatic rings. The molecule has 2 N–H and O–H groups in total. The normalized spacial score (nSPS) is 11.2. The van der Waals surface area contributed by atoms with Gasteiger partial charge in [-0.3, -0.25) is 9.52 Å². The van der Waals surface area contributed by atoms with Crippen LogP contribution in [0.25, 0.3) is 0 Å². The summed E-state index contributed by atoms with van der Waals surface area (Å²) in [6, 6.07) is 5.68. The first kappa shape index (κ1) is 17.0. The number of carboxylic acid groups (broad SMARTS) is 1. The fourth-order valence-electron chi connectivity index (χ4n) is 1.41. The molecule has 0 aliphatic heterocycles. The average molecular weight is 315 g/mol. The standard InChI is InChI=1S/C13H17NO6S/c1-9(2)20-13(17)10-3-5-11(6-4-10)14-21(18,19)8-7-12(15)16/h3-6,9,14H,7-8H2,1-2H3,(H,15,16). The van der Waals surface area contributed by atoms with E-state index in [2.05, 4.69) is 4.72 Å². The second-order valence-corrected chi connectivity index (χ2v) is 6.44. The fraction of sp³-hybridized carbons (Fsp3) is 0.385. The van der Waals surface area contributed by atoms with Gasteiger partial charge in [0.25, 0.3) is 0 Å². The summed E-state index contributed by atoms with van der Waals surface area (Å²) in [7, 11) is -3.73. The molecule has 0 unspecified atom stereocenters. The Balaban J connectivity index is 2.70. The first-order valence-corrected chi connectivity index (χ1v) is 7.88. The molecule has 8 heteroatoms. The fourth-order valence-corrected chi connectivity index (χ4v) is 2.45. The molecule has 116 valence electrons. The molecule has 21 heavy (non-hydrogen) atoms. The number of nitrogens with one attached hydrogen (secondary N) is 1. The lowest BCUT2D eigenvalue weighted by molar-refractivity contribution is -0.136. The summed E-state index contributed by atoms with van der Waals surface area (Å²) in [5.74, 6) is -2.20. The minimum atomic E-state index is -3.73. The molecule has 0 saturated carbocycles. The van der Waals surface area contributed by atoms with Gasteiger partial charge >= 0.3 is 11.9 Å². The van der Waals surface area contributed by atoms with E-state index in [0.717, 1.165) is 0 Å². The summed E-state index contributed by atoms with van der Waals surface area (Å²) in [4.78, 5) is 22.0. The molecule has 0 saturated heterocycles. The molecule has 1 rings (SSSR count). The summed E-state index contributed by atoms with van der Waals surface area (Å²) >= 11 is 0. The third kappa shape index (κ3) is 6.26. The SMILES string of the molecule is CC(C)OC(=O)c1ccc(NS(=O)(=O)CCC(=O)O)cc1. The zero-order valence-corrected chi connectivity index (χ0v) is 12.5. The highest BCUT2D eigenvalue weighted by molar-refractivity contribution is 7.92. The largest absolute Gasteiger partial charge is 0.481 e. The number of ether oxygens (including phenoxy) is 1. The van der Waals surface area contributed by atoms with E-state index in [4.69, 9.17) is 9.84 Å². The first-order valence-electron chi connectivity index (χ1n) is 6.23. The molecule has 0 fully saturated rings. The number of esters is 1. The molecular formula is C13H17NO6S. The topological polar surface area (TPSA) is 110 Å². The molecule has 0 atom stereocenters. The minimum Gasteiger partial charge on any atom is -0.481 e. The van der Waals surface area contributed by atoms with E-state index in [9.17, 15) is 18.0 Å². The Morgan fingerprint density at radius 1 is 1.24 bits per heavy atom. The van der Waals surface area contributed by atoms with E-state index >= 15 is 0 Å². The van der Waals surface area contributed by atoms with E-state index in [1.807, 2.05) is 0 Å². The summed E-state index contributed by atoms with van der Waals surface area (Å²) in [5.41, 5.74) is 0.554. The van der Waals surface area contributed by atoms with Crippen LogP contribution in [0.4, 0.5) is 5.69 Å². The van der Waals surface area contributed by atoms with E-state index in [1.165, 1.54) is 24.3 Å². The van der Waals surface area contributed by atoms with Crippen LogP contribution in [0, 0.1) is 0 Å². The Hall–Kier alpha value is -2.09. The van der Waals surface area contributed by atoms with Crippen LogP contribution in [0.5, 0.6) is 0 Å². The number of sulfonamides is 1. The van der Waals surface area contributed by atoms with Crippen LogP contribution >= 0.6 is 0 Å². The number of carbonyl (C=O) groups excluding carboxylic acids is 1. The molecule has 0 radical (unpaired) electrons. The number of hydrogen-bond donors (Lipinski definition) is 2. The second kappa shape index (κ2) is 7.07. The zero-order chi connectivity index (χ0) is 16.0. The van der Waals surface area contributed by atoms with Crippen molar-refractivity contribution >= 4 is 27.6 Å². The number of carbonyl (C=O) groups is 2. The number of anilines is 1. The van der Waals surface area contributed by atoms with Crippen molar-refractivity contribution in [1.82, 2.24) is 0 Å². The number of carboxylic acids is 1. The molecule has 1 aromatic carbocycles. The molecule has 7 nitrogen and oxygen atoms in total. The first-order chi connectivity index (χ1) is 9.69. The number of aliphatic carboxylic acids is 1. The van der Waals surface area contributed by atoms with Crippen molar-refractivity contribution in [3.8, 4) is 0 Å². The van der Waals surface area contributed by atoms with Crippen molar-refractivity contribution in [3.63, 3.8) is 0 Å². The van der Waals surface area contributed by atoms with Crippen molar-refractivity contribution in [1.29, 1.82) is 0 Å². The van der Waals surface area contributed by atoms with E-state index in [-0.39, 0.29) is 11.8 Å². The van der Waals surface area contributed by atoms with Gasteiger partial charge < -0.3 is 9.84 Å². The van der Waals surface area contributed by atoms with Gasteiger partial charge in [-0.2, -0.15) is 0 Å². The van der Waals surface area contributed by atoms with E-state index in [0.29, 0.717) is 5.56 Å². The lowest BCUT2D eigenvalue weighted by Crippen LogP contribution is -2.19. The summed E-state index contributed by atoms with van der Waals surface area (Å²) in [6.45, 7) is 3.45. The highest BCUT2D eigenvalue weighted by atomic mass is 32.2. The summed E-state index contributed by atoms with van der Waals surface area (Å²) in [5, 5.41) is 8.47. The Morgan fingerprint density at radius 3 is 2.29 bits per heavy atom. The lowest BCUT2D eigenvalue weighted by atomic mass is 10.2. The smallest absolute Gasteiger partial charge is 0.338 e. The van der Waals surface area contributed by atoms with Gasteiger partial charge in [-0.05, 0) is 38.1 Å². The summed E-state index contributed by atoms with van der Waals surface area (Å²) in [6.07, 6.45) is -0.722. The van der Waals surface area contributed by atoms with Gasteiger partial charge in [0, 0.05) is 5.69 Å². The van der Waals surface area contributed by atoms with E-state index in [1.54, 1.807) is 13.8 Å². The van der Waals surface area contributed by atoms with Crippen LogP contribution in [0.15, 0.2) is 24.3 Å². The van der Waals surface area contributed by atoms with Crippen LogP contribution in [-0.4, -0.2) is 37.3 Å². The van der Waals surface area contributed by atoms with Crippen molar-refractivity contribution in [2.45, 2.75) is 26.4 Å². The van der Waals surface area contributed by atoms with Gasteiger partial charge in [0.2, 0.25) is 10.0 Å². The van der Waals surface area contributed by atoms with Gasteiger partial charge in [-0.15, -0.1) is 0 Å². The highest BCUT2D eigenvalue weighted by Crippen LogP contribution is 2.13. The molecule has 0 spiro atoms. The third-order valence-corrected chi connectivity index (χ3v) is 3.61. The van der Waals surface area contributed by atoms with Gasteiger partial charge in [-0.25, -0.2) is 13.2 Å². The number of rotatable bonds is 7. The van der Waals surface area contributed by atoms with E-state index < -0.39 is 34.1 Å². The molecular weight excluding hydrogens is 298 g/mol. The highest BCUT2D eigenvalue weighted by Gasteiger charge is 2.14. The Bertz CT molecular complexity index is 606.